The van der Waals surface area contributed by atoms with Gasteiger partial charge in [-0.25, -0.2) is 19.9 Å². The first-order valence-electron chi connectivity index (χ1n) is 10.1. The van der Waals surface area contributed by atoms with Gasteiger partial charge < -0.3 is 15.5 Å². The van der Waals surface area contributed by atoms with Gasteiger partial charge in [0.2, 0.25) is 0 Å². The van der Waals surface area contributed by atoms with E-state index in [1.807, 2.05) is 36.5 Å². The summed E-state index contributed by atoms with van der Waals surface area (Å²) in [5.41, 5.74) is 8.93. The van der Waals surface area contributed by atoms with Crippen molar-refractivity contribution >= 4 is 28.4 Å². The number of piperazine rings is 1. The molecular formula is C23H23N7. The van der Waals surface area contributed by atoms with Crippen molar-refractivity contribution in [2.45, 2.75) is 13.0 Å². The lowest BCUT2D eigenvalue weighted by Crippen LogP contribution is -2.52. The largest absolute Gasteiger partial charge is 0.384 e. The highest BCUT2D eigenvalue weighted by Gasteiger charge is 2.26. The second-order valence-electron chi connectivity index (χ2n) is 7.57. The number of aromatic nitrogens is 4. The molecule has 1 aliphatic heterocycles. The van der Waals surface area contributed by atoms with Crippen molar-refractivity contribution < 1.29 is 0 Å². The fraction of sp³-hybridized carbons (Fsp3) is 0.217. The molecule has 7 heteroatoms. The van der Waals surface area contributed by atoms with Gasteiger partial charge >= 0.3 is 0 Å². The summed E-state index contributed by atoms with van der Waals surface area (Å²) >= 11 is 0. The number of nitrogen functional groups attached to an aromatic ring is 1. The van der Waals surface area contributed by atoms with Crippen molar-refractivity contribution in [3.8, 4) is 11.1 Å². The van der Waals surface area contributed by atoms with Gasteiger partial charge in [-0.05, 0) is 54.4 Å². The van der Waals surface area contributed by atoms with E-state index in [1.165, 1.54) is 0 Å². The lowest BCUT2D eigenvalue weighted by atomic mass is 10.0. The molecule has 3 aromatic heterocycles. The molecule has 0 bridgehead atoms. The van der Waals surface area contributed by atoms with Crippen LogP contribution in [0.15, 0.2) is 67.3 Å². The molecule has 1 fully saturated rings. The van der Waals surface area contributed by atoms with Gasteiger partial charge in [-0.15, -0.1) is 0 Å². The zero-order valence-corrected chi connectivity index (χ0v) is 16.8. The minimum absolute atomic E-state index is 0.291. The molecule has 2 N–H and O–H groups in total. The normalized spacial score (nSPS) is 16.8. The number of pyridine rings is 2. The molecule has 0 unspecified atom stereocenters. The van der Waals surface area contributed by atoms with Gasteiger partial charge in [0.05, 0.1) is 5.52 Å². The SMILES string of the molecule is C[C@@H]1CN(c2ccccn2)CCN1c1ncnc2ccc(-c3ccnc(N)c3)cc12. The van der Waals surface area contributed by atoms with E-state index in [0.29, 0.717) is 11.9 Å². The highest BCUT2D eigenvalue weighted by atomic mass is 15.3. The Balaban J connectivity index is 1.49. The topological polar surface area (TPSA) is 84.1 Å². The van der Waals surface area contributed by atoms with Crippen molar-refractivity contribution in [3.63, 3.8) is 0 Å². The number of nitrogens with zero attached hydrogens (tertiary/aromatic N) is 6. The highest BCUT2D eigenvalue weighted by Crippen LogP contribution is 2.31. The average Bonchev–Trinajstić information content (AvgIpc) is 2.79. The minimum Gasteiger partial charge on any atom is -0.384 e. The molecule has 0 radical (unpaired) electrons. The Bertz CT molecular complexity index is 1180. The molecule has 4 heterocycles. The molecule has 0 spiro atoms. The van der Waals surface area contributed by atoms with Crippen molar-refractivity contribution in [1.82, 2.24) is 19.9 Å². The monoisotopic (exact) mass is 397 g/mol. The zero-order chi connectivity index (χ0) is 20.5. The van der Waals surface area contributed by atoms with Crippen molar-refractivity contribution in [1.29, 1.82) is 0 Å². The van der Waals surface area contributed by atoms with Gasteiger partial charge in [-0.3, -0.25) is 0 Å². The number of anilines is 3. The number of fused-ring (bicyclic) bond motifs is 1. The van der Waals surface area contributed by atoms with Crippen LogP contribution in [0.4, 0.5) is 17.5 Å². The summed E-state index contributed by atoms with van der Waals surface area (Å²) in [5, 5.41) is 1.04. The fourth-order valence-electron chi connectivity index (χ4n) is 4.10. The Morgan fingerprint density at radius 2 is 1.80 bits per heavy atom. The maximum absolute atomic E-state index is 5.88. The molecule has 1 aromatic carbocycles. The maximum Gasteiger partial charge on any atom is 0.140 e. The van der Waals surface area contributed by atoms with E-state index in [-0.39, 0.29) is 0 Å². The minimum atomic E-state index is 0.291. The van der Waals surface area contributed by atoms with Crippen LogP contribution in [0, 0.1) is 0 Å². The van der Waals surface area contributed by atoms with Crippen LogP contribution >= 0.6 is 0 Å². The number of benzene rings is 1. The van der Waals surface area contributed by atoms with E-state index in [9.17, 15) is 0 Å². The third-order valence-corrected chi connectivity index (χ3v) is 5.60. The molecule has 7 nitrogen and oxygen atoms in total. The number of hydrogen-bond donors (Lipinski definition) is 1. The number of nitrogens with two attached hydrogens (primary N) is 1. The Morgan fingerprint density at radius 1 is 0.900 bits per heavy atom. The van der Waals surface area contributed by atoms with E-state index < -0.39 is 0 Å². The van der Waals surface area contributed by atoms with E-state index in [4.69, 9.17) is 5.73 Å². The molecule has 0 amide bonds. The van der Waals surface area contributed by atoms with E-state index in [1.54, 1.807) is 12.5 Å². The predicted octanol–water partition coefficient (Wildman–Crippen LogP) is 3.38. The smallest absolute Gasteiger partial charge is 0.140 e. The van der Waals surface area contributed by atoms with Crippen molar-refractivity contribution in [2.24, 2.45) is 0 Å². The van der Waals surface area contributed by atoms with Crippen LogP contribution in [0.1, 0.15) is 6.92 Å². The van der Waals surface area contributed by atoms with Crippen LogP contribution in [0.25, 0.3) is 22.0 Å². The van der Waals surface area contributed by atoms with Crippen LogP contribution in [0.5, 0.6) is 0 Å². The summed E-state index contributed by atoms with van der Waals surface area (Å²) in [6.07, 6.45) is 5.23. The summed E-state index contributed by atoms with van der Waals surface area (Å²) in [6, 6.07) is 16.5. The first kappa shape index (κ1) is 18.3. The Kier molecular flexibility index (Phi) is 4.63. The summed E-state index contributed by atoms with van der Waals surface area (Å²) < 4.78 is 0. The third-order valence-electron chi connectivity index (χ3n) is 5.60. The Hall–Kier alpha value is -3.74. The fourth-order valence-corrected chi connectivity index (χ4v) is 4.10. The summed E-state index contributed by atoms with van der Waals surface area (Å²) in [4.78, 5) is 22.5. The molecule has 5 rings (SSSR count). The van der Waals surface area contributed by atoms with Crippen LogP contribution in [-0.2, 0) is 0 Å². The van der Waals surface area contributed by atoms with Gasteiger partial charge in [0, 0.05) is 43.5 Å². The molecule has 4 aromatic rings. The third kappa shape index (κ3) is 3.39. The lowest BCUT2D eigenvalue weighted by molar-refractivity contribution is 0.544. The maximum atomic E-state index is 5.88. The molecular weight excluding hydrogens is 374 g/mol. The average molecular weight is 397 g/mol. The number of hydrogen-bond acceptors (Lipinski definition) is 7. The van der Waals surface area contributed by atoms with E-state index >= 15 is 0 Å². The number of rotatable bonds is 3. The standard InChI is InChI=1S/C23H23N7/c1-16-14-29(22-4-2-3-8-26-22)10-11-30(16)23-19-12-17(5-6-20(19)27-15-28-23)18-7-9-25-21(24)13-18/h2-9,12-13,15-16H,10-11,14H2,1H3,(H2,24,25)/t16-/m1/s1. The van der Waals surface area contributed by atoms with Gasteiger partial charge in [0.25, 0.3) is 0 Å². The molecule has 1 atom stereocenters. The molecule has 0 saturated carbocycles. The Labute approximate surface area is 175 Å². The molecule has 1 aliphatic rings. The van der Waals surface area contributed by atoms with Gasteiger partial charge in [0.1, 0.15) is 23.8 Å². The van der Waals surface area contributed by atoms with E-state index in [0.717, 1.165) is 53.3 Å². The van der Waals surface area contributed by atoms with Crippen LogP contribution in [0.2, 0.25) is 0 Å². The zero-order valence-electron chi connectivity index (χ0n) is 16.8. The Morgan fingerprint density at radius 3 is 2.60 bits per heavy atom. The molecule has 30 heavy (non-hydrogen) atoms. The lowest BCUT2D eigenvalue weighted by Gasteiger charge is -2.41. The van der Waals surface area contributed by atoms with Gasteiger partial charge in [-0.1, -0.05) is 12.1 Å². The van der Waals surface area contributed by atoms with Crippen molar-refractivity contribution in [3.05, 3.63) is 67.3 Å². The first-order chi connectivity index (χ1) is 14.7. The quantitative estimate of drug-likeness (QED) is 0.567. The molecule has 0 aliphatic carbocycles. The van der Waals surface area contributed by atoms with Crippen LogP contribution in [0.3, 0.4) is 0 Å². The molecule has 1 saturated heterocycles. The molecule has 150 valence electrons. The predicted molar refractivity (Wildman–Crippen MR) is 120 cm³/mol. The van der Waals surface area contributed by atoms with E-state index in [2.05, 4.69) is 54.9 Å². The highest BCUT2D eigenvalue weighted by molar-refractivity contribution is 5.93. The van der Waals surface area contributed by atoms with Crippen LogP contribution in [-0.4, -0.2) is 45.6 Å². The second-order valence-corrected chi connectivity index (χ2v) is 7.57. The van der Waals surface area contributed by atoms with Crippen molar-refractivity contribution in [2.75, 3.05) is 35.2 Å². The van der Waals surface area contributed by atoms with Gasteiger partial charge in [-0.2, -0.15) is 0 Å². The summed E-state index contributed by atoms with van der Waals surface area (Å²) in [7, 11) is 0. The van der Waals surface area contributed by atoms with Crippen LogP contribution < -0.4 is 15.5 Å². The first-order valence-corrected chi connectivity index (χ1v) is 10.1. The summed E-state index contributed by atoms with van der Waals surface area (Å²) in [6.45, 7) is 4.89. The second kappa shape index (κ2) is 7.59. The summed E-state index contributed by atoms with van der Waals surface area (Å²) in [5.74, 6) is 2.50. The van der Waals surface area contributed by atoms with Gasteiger partial charge in [0.15, 0.2) is 0 Å².